The van der Waals surface area contributed by atoms with Crippen LogP contribution in [0, 0.1) is 5.82 Å². The third kappa shape index (κ3) is 3.37. The number of amides is 1. The van der Waals surface area contributed by atoms with E-state index in [9.17, 15) is 13.6 Å². The van der Waals surface area contributed by atoms with Gasteiger partial charge in [0, 0.05) is 24.3 Å². The van der Waals surface area contributed by atoms with Crippen LogP contribution < -0.4 is 25.0 Å². The second kappa shape index (κ2) is 7.23. The van der Waals surface area contributed by atoms with E-state index in [2.05, 4.69) is 35.6 Å². The zero-order valence-electron chi connectivity index (χ0n) is 19.3. The fourth-order valence-corrected chi connectivity index (χ4v) is 5.02. The normalized spacial score (nSPS) is 23.0. The van der Waals surface area contributed by atoms with Gasteiger partial charge in [0.15, 0.2) is 17.3 Å². The summed E-state index contributed by atoms with van der Waals surface area (Å²) in [7, 11) is 0. The van der Waals surface area contributed by atoms with Gasteiger partial charge in [0.05, 0.1) is 16.6 Å². The first-order valence-electron chi connectivity index (χ1n) is 11.2. The molecular formula is C25H27F3N3O3+. The Hall–Kier alpha value is -3.04. The summed E-state index contributed by atoms with van der Waals surface area (Å²) in [5.41, 5.74) is 6.93. The van der Waals surface area contributed by atoms with Crippen LogP contribution in [0.5, 0.6) is 11.5 Å². The van der Waals surface area contributed by atoms with Crippen molar-refractivity contribution in [1.82, 2.24) is 4.48 Å². The predicted octanol–water partition coefficient (Wildman–Crippen LogP) is 4.87. The molecule has 2 heterocycles. The van der Waals surface area contributed by atoms with E-state index in [-0.39, 0.29) is 22.7 Å². The highest BCUT2D eigenvalue weighted by Crippen LogP contribution is 2.52. The Labute approximate surface area is 195 Å². The largest absolute Gasteiger partial charge is 0.586 e. The zero-order chi connectivity index (χ0) is 24.5. The number of carbonyl (C=O) groups is 1. The molecule has 0 aromatic heterocycles. The van der Waals surface area contributed by atoms with E-state index in [1.807, 2.05) is 12.3 Å². The van der Waals surface area contributed by atoms with E-state index in [4.69, 9.17) is 5.73 Å². The molecule has 2 aromatic carbocycles. The van der Waals surface area contributed by atoms with Gasteiger partial charge in [-0.3, -0.25) is 9.28 Å². The van der Waals surface area contributed by atoms with E-state index < -0.39 is 23.4 Å². The van der Waals surface area contributed by atoms with Crippen LogP contribution in [0.2, 0.25) is 0 Å². The van der Waals surface area contributed by atoms with Gasteiger partial charge in [0.25, 0.3) is 0 Å². The number of halogens is 3. The van der Waals surface area contributed by atoms with E-state index in [0.29, 0.717) is 36.0 Å². The Morgan fingerprint density at radius 2 is 1.85 bits per heavy atom. The molecule has 1 fully saturated rings. The topological polar surface area (TPSA) is 73.6 Å². The molecule has 1 saturated carbocycles. The molecular weight excluding hydrogens is 447 g/mol. The maximum Gasteiger partial charge on any atom is 0.586 e. The number of nitrogens with two attached hydrogens (primary N) is 1. The van der Waals surface area contributed by atoms with Crippen molar-refractivity contribution in [3.05, 3.63) is 53.5 Å². The van der Waals surface area contributed by atoms with Crippen LogP contribution in [-0.2, 0) is 10.2 Å². The SMILES string of the molecule is CC(C)(C)[N+]1(CCN)C=Cc2cc(NC(=O)C3(c4ccc5c(c4)OC(F)(F)O5)CC3)c(F)cc21. The molecule has 6 nitrogen and oxygen atoms in total. The Bertz CT molecular complexity index is 1220. The number of anilines is 1. The molecule has 1 unspecified atom stereocenters. The van der Waals surface area contributed by atoms with Gasteiger partial charge in [-0.2, -0.15) is 0 Å². The molecule has 2 aromatic rings. The number of carbonyl (C=O) groups excluding carboxylic acids is 1. The van der Waals surface area contributed by atoms with Crippen molar-refractivity contribution in [3.63, 3.8) is 0 Å². The van der Waals surface area contributed by atoms with E-state index in [0.717, 1.165) is 11.3 Å². The third-order valence-corrected chi connectivity index (χ3v) is 7.12. The molecule has 9 heteroatoms. The maximum absolute atomic E-state index is 15.2. The fraction of sp³-hybridized carbons (Fsp3) is 0.400. The van der Waals surface area contributed by atoms with Gasteiger partial charge in [-0.15, -0.1) is 8.78 Å². The molecule has 1 atom stereocenters. The Kier molecular flexibility index (Phi) is 4.83. The number of fused-ring (bicyclic) bond motifs is 2. The Balaban J connectivity index is 1.42. The second-order valence-corrected chi connectivity index (χ2v) is 10.1. The van der Waals surface area contributed by atoms with Crippen molar-refractivity contribution in [2.45, 2.75) is 50.9 Å². The number of benzene rings is 2. The van der Waals surface area contributed by atoms with Crippen LogP contribution in [0.3, 0.4) is 0 Å². The summed E-state index contributed by atoms with van der Waals surface area (Å²) >= 11 is 0. The summed E-state index contributed by atoms with van der Waals surface area (Å²) in [4.78, 5) is 13.2. The highest BCUT2D eigenvalue weighted by Gasteiger charge is 2.53. The Morgan fingerprint density at radius 1 is 1.15 bits per heavy atom. The lowest BCUT2D eigenvalue weighted by Gasteiger charge is -2.43. The smallest absolute Gasteiger partial charge is 0.395 e. The number of hydrogen-bond donors (Lipinski definition) is 2. The first kappa shape index (κ1) is 22.7. The summed E-state index contributed by atoms with van der Waals surface area (Å²) in [6.45, 7) is 7.28. The quantitative estimate of drug-likeness (QED) is 0.607. The van der Waals surface area contributed by atoms with Crippen LogP contribution in [0.4, 0.5) is 24.5 Å². The lowest BCUT2D eigenvalue weighted by Crippen LogP contribution is -2.58. The molecule has 0 radical (unpaired) electrons. The molecule has 34 heavy (non-hydrogen) atoms. The zero-order valence-corrected chi connectivity index (χ0v) is 19.3. The molecule has 3 N–H and O–H groups in total. The minimum absolute atomic E-state index is 0.0774. The van der Waals surface area contributed by atoms with Crippen LogP contribution in [0.15, 0.2) is 36.5 Å². The summed E-state index contributed by atoms with van der Waals surface area (Å²) in [6, 6.07) is 7.43. The lowest BCUT2D eigenvalue weighted by molar-refractivity contribution is -0.286. The first-order valence-corrected chi connectivity index (χ1v) is 11.2. The van der Waals surface area contributed by atoms with Crippen molar-refractivity contribution in [2.75, 3.05) is 18.4 Å². The lowest BCUT2D eigenvalue weighted by atomic mass is 9.94. The molecule has 1 amide bonds. The van der Waals surface area contributed by atoms with Gasteiger partial charge in [0.1, 0.15) is 18.4 Å². The molecule has 5 rings (SSSR count). The van der Waals surface area contributed by atoms with Crippen molar-refractivity contribution in [1.29, 1.82) is 0 Å². The number of ether oxygens (including phenoxy) is 2. The highest BCUT2D eigenvalue weighted by molar-refractivity contribution is 6.02. The van der Waals surface area contributed by atoms with Gasteiger partial charge >= 0.3 is 6.29 Å². The van der Waals surface area contributed by atoms with Gasteiger partial charge in [-0.1, -0.05) is 6.07 Å². The summed E-state index contributed by atoms with van der Waals surface area (Å²) < 4.78 is 51.4. The summed E-state index contributed by atoms with van der Waals surface area (Å²) in [5, 5.41) is 2.72. The number of rotatable bonds is 5. The van der Waals surface area contributed by atoms with E-state index in [1.54, 1.807) is 12.1 Å². The number of nitrogens with one attached hydrogen (secondary N) is 1. The van der Waals surface area contributed by atoms with Crippen molar-refractivity contribution >= 4 is 23.4 Å². The van der Waals surface area contributed by atoms with Crippen LogP contribution in [-0.4, -0.2) is 30.8 Å². The average molecular weight is 475 g/mol. The van der Waals surface area contributed by atoms with Crippen molar-refractivity contribution < 1.29 is 27.4 Å². The molecule has 0 spiro atoms. The molecule has 0 saturated heterocycles. The summed E-state index contributed by atoms with van der Waals surface area (Å²) in [5.74, 6) is -1.14. The van der Waals surface area contributed by atoms with Gasteiger partial charge in [-0.25, -0.2) is 4.39 Å². The summed E-state index contributed by atoms with van der Waals surface area (Å²) in [6.07, 6.45) is 1.25. The van der Waals surface area contributed by atoms with Crippen LogP contribution in [0.1, 0.15) is 44.7 Å². The van der Waals surface area contributed by atoms with Crippen LogP contribution >= 0.6 is 0 Å². The minimum atomic E-state index is -3.73. The standard InChI is InChI=1S/C25H26F3N3O3/c1-23(2,3)31(11-9-29)10-6-15-12-18(17(26)14-19(15)31)30-22(32)24(7-8-24)16-4-5-20-21(13-16)34-25(27,28)33-20/h4-6,10,12-14H,7-9,11,29H2,1-3H3/p+1. The van der Waals surface area contributed by atoms with Crippen molar-refractivity contribution in [3.8, 4) is 11.5 Å². The number of nitrogens with zero attached hydrogens (tertiary/aromatic N) is 1. The average Bonchev–Trinajstić information content (AvgIpc) is 3.39. The molecule has 3 aliphatic rings. The number of hydrogen-bond acceptors (Lipinski definition) is 4. The third-order valence-electron chi connectivity index (χ3n) is 7.12. The minimum Gasteiger partial charge on any atom is -0.395 e. The van der Waals surface area contributed by atoms with Gasteiger partial charge in [-0.05, 0) is 57.4 Å². The monoisotopic (exact) mass is 474 g/mol. The van der Waals surface area contributed by atoms with E-state index in [1.165, 1.54) is 18.2 Å². The van der Waals surface area contributed by atoms with Crippen LogP contribution in [0.25, 0.3) is 6.08 Å². The fourth-order valence-electron chi connectivity index (χ4n) is 5.02. The van der Waals surface area contributed by atoms with Crippen molar-refractivity contribution in [2.24, 2.45) is 5.73 Å². The molecule has 1 aliphatic carbocycles. The Morgan fingerprint density at radius 3 is 2.50 bits per heavy atom. The highest BCUT2D eigenvalue weighted by atomic mass is 19.3. The van der Waals surface area contributed by atoms with Gasteiger partial charge < -0.3 is 20.5 Å². The van der Waals surface area contributed by atoms with Gasteiger partial charge in [0.2, 0.25) is 5.91 Å². The molecule has 180 valence electrons. The second-order valence-electron chi connectivity index (χ2n) is 10.1. The maximum atomic E-state index is 15.2. The number of quaternary nitrogens is 1. The predicted molar refractivity (Wildman–Crippen MR) is 123 cm³/mol. The number of alkyl halides is 2. The molecule has 2 aliphatic heterocycles. The van der Waals surface area contributed by atoms with E-state index >= 15 is 4.39 Å². The molecule has 0 bridgehead atoms. The first-order chi connectivity index (χ1) is 15.9.